The number of nitrogens with zero attached hydrogens (tertiary/aromatic N) is 2. The van der Waals surface area contributed by atoms with E-state index in [0.29, 0.717) is 18.1 Å². The van der Waals surface area contributed by atoms with E-state index in [9.17, 15) is 4.79 Å². The van der Waals surface area contributed by atoms with E-state index in [2.05, 4.69) is 15.5 Å². The van der Waals surface area contributed by atoms with E-state index in [1.807, 2.05) is 13.8 Å². The highest BCUT2D eigenvalue weighted by molar-refractivity contribution is 7.15. The van der Waals surface area contributed by atoms with Crippen molar-refractivity contribution in [3.05, 3.63) is 5.01 Å². The average molecular weight is 214 g/mol. The van der Waals surface area contributed by atoms with Gasteiger partial charge in [0.25, 0.3) is 0 Å². The summed E-state index contributed by atoms with van der Waals surface area (Å²) in [6.07, 6.45) is 0.426. The first kappa shape index (κ1) is 11.1. The number of hydrogen-bond donors (Lipinski definition) is 2. The molecule has 0 spiro atoms. The van der Waals surface area contributed by atoms with E-state index in [1.54, 1.807) is 0 Å². The summed E-state index contributed by atoms with van der Waals surface area (Å²) >= 11 is 1.37. The number of nitrogens with two attached hydrogens (primary N) is 1. The van der Waals surface area contributed by atoms with Gasteiger partial charge in [0.05, 0.1) is 0 Å². The molecule has 0 radical (unpaired) electrons. The van der Waals surface area contributed by atoms with Crippen LogP contribution in [0.1, 0.15) is 18.4 Å². The van der Waals surface area contributed by atoms with Gasteiger partial charge in [0.1, 0.15) is 5.01 Å². The molecule has 1 aromatic heterocycles. The minimum absolute atomic E-state index is 0.0564. The van der Waals surface area contributed by atoms with Crippen LogP contribution in [0.4, 0.5) is 5.13 Å². The van der Waals surface area contributed by atoms with E-state index < -0.39 is 0 Å². The van der Waals surface area contributed by atoms with Crippen molar-refractivity contribution < 1.29 is 4.79 Å². The maximum Gasteiger partial charge on any atom is 0.226 e. The van der Waals surface area contributed by atoms with E-state index in [4.69, 9.17) is 5.73 Å². The third kappa shape index (κ3) is 3.39. The number of hydrogen-bond acceptors (Lipinski definition) is 5. The Morgan fingerprint density at radius 2 is 2.36 bits per heavy atom. The van der Waals surface area contributed by atoms with Crippen LogP contribution in [0.2, 0.25) is 0 Å². The van der Waals surface area contributed by atoms with E-state index in [1.165, 1.54) is 11.3 Å². The maximum absolute atomic E-state index is 11.4. The number of nitrogens with one attached hydrogen (secondary N) is 1. The normalized spacial score (nSPS) is 12.5. The molecule has 5 nitrogen and oxygen atoms in total. The van der Waals surface area contributed by atoms with Crippen molar-refractivity contribution >= 4 is 22.4 Å². The lowest BCUT2D eigenvalue weighted by atomic mass is 10.1. The van der Waals surface area contributed by atoms with Crippen LogP contribution in [-0.4, -0.2) is 22.6 Å². The van der Waals surface area contributed by atoms with Gasteiger partial charge in [0.15, 0.2) is 0 Å². The van der Waals surface area contributed by atoms with Gasteiger partial charge in [-0.15, -0.1) is 10.2 Å². The summed E-state index contributed by atoms with van der Waals surface area (Å²) in [6.45, 7) is 4.29. The molecule has 0 aromatic carbocycles. The minimum atomic E-state index is -0.0564. The van der Waals surface area contributed by atoms with Crippen molar-refractivity contribution in [2.24, 2.45) is 11.7 Å². The van der Waals surface area contributed by atoms with Crippen molar-refractivity contribution in [1.29, 1.82) is 0 Å². The molecule has 0 bridgehead atoms. The van der Waals surface area contributed by atoms with Crippen LogP contribution in [0.25, 0.3) is 0 Å². The molecule has 14 heavy (non-hydrogen) atoms. The molecule has 0 aliphatic carbocycles. The Hall–Kier alpha value is -1.01. The fourth-order valence-corrected chi connectivity index (χ4v) is 1.53. The summed E-state index contributed by atoms with van der Waals surface area (Å²) in [6, 6.07) is 0. The molecule has 1 atom stereocenters. The van der Waals surface area contributed by atoms with Crippen molar-refractivity contribution in [3.8, 4) is 0 Å². The number of carbonyl (C=O) groups is 1. The van der Waals surface area contributed by atoms with Crippen LogP contribution in [0.3, 0.4) is 0 Å². The Balaban J connectivity index is 2.41. The first-order chi connectivity index (χ1) is 6.61. The number of amides is 1. The molecule has 0 aliphatic heterocycles. The highest BCUT2D eigenvalue weighted by Gasteiger charge is 2.09. The van der Waals surface area contributed by atoms with Gasteiger partial charge in [-0.2, -0.15) is 0 Å². The molecule has 1 unspecified atom stereocenters. The van der Waals surface area contributed by atoms with Gasteiger partial charge in [-0.3, -0.25) is 4.79 Å². The van der Waals surface area contributed by atoms with Gasteiger partial charge < -0.3 is 11.1 Å². The lowest BCUT2D eigenvalue weighted by Gasteiger charge is -2.06. The second-order valence-electron chi connectivity index (χ2n) is 3.22. The molecule has 6 heteroatoms. The molecule has 3 N–H and O–H groups in total. The fraction of sp³-hybridized carbons (Fsp3) is 0.625. The van der Waals surface area contributed by atoms with E-state index in [0.717, 1.165) is 5.01 Å². The van der Waals surface area contributed by atoms with Gasteiger partial charge in [0, 0.05) is 6.42 Å². The number of carbonyl (C=O) groups excluding carboxylic acids is 1. The summed E-state index contributed by atoms with van der Waals surface area (Å²) < 4.78 is 0. The van der Waals surface area contributed by atoms with Crippen LogP contribution in [-0.2, 0) is 4.79 Å². The molecular weight excluding hydrogens is 200 g/mol. The maximum atomic E-state index is 11.4. The molecule has 1 heterocycles. The predicted molar refractivity (Wildman–Crippen MR) is 56.1 cm³/mol. The number of anilines is 1. The van der Waals surface area contributed by atoms with Crippen molar-refractivity contribution in [1.82, 2.24) is 10.2 Å². The molecule has 0 saturated carbocycles. The summed E-state index contributed by atoms with van der Waals surface area (Å²) in [5.41, 5.74) is 5.41. The summed E-state index contributed by atoms with van der Waals surface area (Å²) in [5, 5.41) is 11.7. The summed E-state index contributed by atoms with van der Waals surface area (Å²) in [7, 11) is 0. The summed E-state index contributed by atoms with van der Waals surface area (Å²) in [4.78, 5) is 11.4. The summed E-state index contributed by atoms with van der Waals surface area (Å²) in [5.74, 6) is 0.142. The molecule has 1 rings (SSSR count). The predicted octanol–water partition coefficient (Wildman–Crippen LogP) is 0.770. The monoisotopic (exact) mass is 214 g/mol. The van der Waals surface area contributed by atoms with Crippen LogP contribution in [0.15, 0.2) is 0 Å². The number of rotatable bonds is 4. The smallest absolute Gasteiger partial charge is 0.226 e. The van der Waals surface area contributed by atoms with Crippen LogP contribution in [0.5, 0.6) is 0 Å². The average Bonchev–Trinajstić information content (AvgIpc) is 2.50. The highest BCUT2D eigenvalue weighted by Crippen LogP contribution is 2.14. The van der Waals surface area contributed by atoms with Crippen LogP contribution >= 0.6 is 11.3 Å². The molecule has 0 saturated heterocycles. The Morgan fingerprint density at radius 3 is 2.86 bits per heavy atom. The Bertz CT molecular complexity index is 312. The third-order valence-corrected chi connectivity index (χ3v) is 2.46. The molecule has 0 aliphatic rings. The quantitative estimate of drug-likeness (QED) is 0.775. The Labute approximate surface area is 86.7 Å². The zero-order chi connectivity index (χ0) is 10.6. The van der Waals surface area contributed by atoms with Crippen LogP contribution in [0, 0.1) is 12.8 Å². The zero-order valence-corrected chi connectivity index (χ0v) is 9.10. The van der Waals surface area contributed by atoms with Gasteiger partial charge in [0.2, 0.25) is 11.0 Å². The zero-order valence-electron chi connectivity index (χ0n) is 8.28. The van der Waals surface area contributed by atoms with Crippen LogP contribution < -0.4 is 11.1 Å². The Kier molecular flexibility index (Phi) is 3.97. The number of aryl methyl sites for hydroxylation is 1. The second kappa shape index (κ2) is 5.02. The highest BCUT2D eigenvalue weighted by atomic mass is 32.1. The molecule has 78 valence electrons. The standard InChI is InChI=1S/C8H14N4OS/c1-5(4-9)3-7(13)10-8-12-11-6(2)14-8/h5H,3-4,9H2,1-2H3,(H,10,12,13). The SMILES string of the molecule is Cc1nnc(NC(=O)CC(C)CN)s1. The largest absolute Gasteiger partial charge is 0.330 e. The lowest BCUT2D eigenvalue weighted by Crippen LogP contribution is -2.19. The first-order valence-corrected chi connectivity index (χ1v) is 5.23. The van der Waals surface area contributed by atoms with E-state index in [-0.39, 0.29) is 11.8 Å². The Morgan fingerprint density at radius 1 is 1.64 bits per heavy atom. The molecule has 1 aromatic rings. The van der Waals surface area contributed by atoms with Crippen molar-refractivity contribution in [2.45, 2.75) is 20.3 Å². The van der Waals surface area contributed by atoms with Crippen molar-refractivity contribution in [3.63, 3.8) is 0 Å². The fourth-order valence-electron chi connectivity index (χ4n) is 0.917. The number of aromatic nitrogens is 2. The lowest BCUT2D eigenvalue weighted by molar-refractivity contribution is -0.116. The molecule has 1 amide bonds. The minimum Gasteiger partial charge on any atom is -0.330 e. The van der Waals surface area contributed by atoms with Gasteiger partial charge in [-0.05, 0) is 19.4 Å². The second-order valence-corrected chi connectivity index (χ2v) is 4.40. The molecular formula is C8H14N4OS. The van der Waals surface area contributed by atoms with Crippen molar-refractivity contribution in [2.75, 3.05) is 11.9 Å². The topological polar surface area (TPSA) is 80.9 Å². The van der Waals surface area contributed by atoms with Gasteiger partial charge in [-0.1, -0.05) is 18.3 Å². The van der Waals surface area contributed by atoms with Gasteiger partial charge in [-0.25, -0.2) is 0 Å². The molecule has 0 fully saturated rings. The van der Waals surface area contributed by atoms with E-state index >= 15 is 0 Å². The van der Waals surface area contributed by atoms with Gasteiger partial charge >= 0.3 is 0 Å². The third-order valence-electron chi connectivity index (χ3n) is 1.71. The first-order valence-electron chi connectivity index (χ1n) is 4.42.